The topological polar surface area (TPSA) is 74.1 Å². The summed E-state index contributed by atoms with van der Waals surface area (Å²) in [7, 11) is 3.34. The molecule has 34 heavy (non-hydrogen) atoms. The predicted octanol–water partition coefficient (Wildman–Crippen LogP) is 5.93. The monoisotopic (exact) mass is 458 g/mol. The van der Waals surface area contributed by atoms with Crippen LogP contribution in [0, 0.1) is 0 Å². The van der Waals surface area contributed by atoms with Crippen LogP contribution in [0.15, 0.2) is 61.1 Å². The second-order valence-electron chi connectivity index (χ2n) is 7.95. The molecule has 0 saturated carbocycles. The first-order chi connectivity index (χ1) is 16.5. The quantitative estimate of drug-likeness (QED) is 0.320. The average molecular weight is 459 g/mol. The Balaban J connectivity index is 0.000000162. The van der Waals surface area contributed by atoms with Crippen LogP contribution in [0.5, 0.6) is 11.5 Å². The average Bonchev–Trinajstić information content (AvgIpc) is 3.60. The number of aryl methyl sites for hydroxylation is 2. The number of aromatic nitrogens is 4. The van der Waals surface area contributed by atoms with E-state index in [1.54, 1.807) is 27.3 Å². The van der Waals surface area contributed by atoms with E-state index in [0.29, 0.717) is 0 Å². The van der Waals surface area contributed by atoms with Gasteiger partial charge in [-0.1, -0.05) is 0 Å². The maximum Gasteiger partial charge on any atom is 0.161 e. The van der Waals surface area contributed by atoms with Gasteiger partial charge in [0.05, 0.1) is 30.9 Å². The van der Waals surface area contributed by atoms with E-state index in [1.807, 2.05) is 36.5 Å². The van der Waals surface area contributed by atoms with Gasteiger partial charge < -0.3 is 18.6 Å². The van der Waals surface area contributed by atoms with Gasteiger partial charge in [-0.05, 0) is 51.1 Å². The lowest BCUT2D eigenvalue weighted by Crippen LogP contribution is -1.92. The molecule has 0 saturated heterocycles. The van der Waals surface area contributed by atoms with E-state index in [4.69, 9.17) is 9.47 Å². The van der Waals surface area contributed by atoms with Crippen LogP contribution < -0.4 is 9.47 Å². The third-order valence-corrected chi connectivity index (χ3v) is 6.03. The van der Waals surface area contributed by atoms with E-state index in [1.165, 1.54) is 16.5 Å². The number of carbonyl (C=O) groups excluding carboxylic acids is 1. The molecule has 3 heterocycles. The lowest BCUT2D eigenvalue weighted by molar-refractivity contribution is 0.101. The first-order valence-electron chi connectivity index (χ1n) is 11.3. The van der Waals surface area contributed by atoms with Gasteiger partial charge in [-0.3, -0.25) is 9.89 Å². The molecule has 0 spiro atoms. The van der Waals surface area contributed by atoms with E-state index in [2.05, 4.69) is 51.5 Å². The molecule has 2 aromatic carbocycles. The highest BCUT2D eigenvalue weighted by Crippen LogP contribution is 2.31. The van der Waals surface area contributed by atoms with Crippen molar-refractivity contribution in [1.29, 1.82) is 0 Å². The number of ketones is 1. The van der Waals surface area contributed by atoms with Gasteiger partial charge in [-0.2, -0.15) is 5.10 Å². The number of carbonyl (C=O) groups is 1. The molecule has 0 radical (unpaired) electrons. The first-order valence-corrected chi connectivity index (χ1v) is 11.3. The SMILES string of the molecule is CCn1cc(-c2ccn[nH]2)c2ccc(OC)cc21.CCn1cc(C(C)=O)c2ccc(OC)cc21. The van der Waals surface area contributed by atoms with Crippen molar-refractivity contribution in [3.05, 3.63) is 66.6 Å². The van der Waals surface area contributed by atoms with Crippen LogP contribution in [-0.4, -0.2) is 39.3 Å². The molecule has 1 N–H and O–H groups in total. The summed E-state index contributed by atoms with van der Waals surface area (Å²) in [4.78, 5) is 11.5. The van der Waals surface area contributed by atoms with E-state index in [-0.39, 0.29) is 5.78 Å². The summed E-state index contributed by atoms with van der Waals surface area (Å²) < 4.78 is 14.8. The highest BCUT2D eigenvalue weighted by Gasteiger charge is 2.12. The maximum absolute atomic E-state index is 11.5. The number of fused-ring (bicyclic) bond motifs is 2. The summed E-state index contributed by atoms with van der Waals surface area (Å²) in [6.07, 6.45) is 5.83. The Bertz CT molecular complexity index is 1430. The fraction of sp³-hybridized carbons (Fsp3) is 0.259. The second kappa shape index (κ2) is 9.87. The van der Waals surface area contributed by atoms with Gasteiger partial charge in [0.1, 0.15) is 11.5 Å². The summed E-state index contributed by atoms with van der Waals surface area (Å²) in [5.74, 6) is 1.80. The second-order valence-corrected chi connectivity index (χ2v) is 7.95. The minimum Gasteiger partial charge on any atom is -0.497 e. The molecular formula is C27H30N4O3. The van der Waals surface area contributed by atoms with Gasteiger partial charge in [-0.15, -0.1) is 0 Å². The van der Waals surface area contributed by atoms with E-state index >= 15 is 0 Å². The van der Waals surface area contributed by atoms with Crippen molar-refractivity contribution in [1.82, 2.24) is 19.3 Å². The van der Waals surface area contributed by atoms with Crippen molar-refractivity contribution in [2.75, 3.05) is 14.2 Å². The minimum absolute atomic E-state index is 0.0994. The zero-order chi connectivity index (χ0) is 24.2. The smallest absolute Gasteiger partial charge is 0.161 e. The van der Waals surface area contributed by atoms with Crippen molar-refractivity contribution < 1.29 is 14.3 Å². The van der Waals surface area contributed by atoms with E-state index in [0.717, 1.165) is 46.7 Å². The maximum atomic E-state index is 11.5. The Morgan fingerprint density at radius 3 is 2.00 bits per heavy atom. The zero-order valence-electron chi connectivity index (χ0n) is 20.3. The van der Waals surface area contributed by atoms with E-state index in [9.17, 15) is 4.79 Å². The zero-order valence-corrected chi connectivity index (χ0v) is 20.3. The molecule has 3 aromatic heterocycles. The Morgan fingerprint density at radius 2 is 1.47 bits per heavy atom. The fourth-order valence-electron chi connectivity index (χ4n) is 4.22. The molecule has 7 heteroatoms. The summed E-state index contributed by atoms with van der Waals surface area (Å²) in [5.41, 5.74) is 5.22. The Morgan fingerprint density at radius 1 is 0.882 bits per heavy atom. The van der Waals surface area contributed by atoms with Crippen LogP contribution in [0.25, 0.3) is 33.1 Å². The number of hydrogen-bond acceptors (Lipinski definition) is 4. The van der Waals surface area contributed by atoms with Crippen LogP contribution in [0.4, 0.5) is 0 Å². The van der Waals surface area contributed by atoms with Gasteiger partial charge in [-0.25, -0.2) is 0 Å². The molecule has 176 valence electrons. The number of rotatable bonds is 6. The van der Waals surface area contributed by atoms with Crippen LogP contribution in [0.3, 0.4) is 0 Å². The molecular weight excluding hydrogens is 428 g/mol. The Kier molecular flexibility index (Phi) is 6.72. The summed E-state index contributed by atoms with van der Waals surface area (Å²) in [6, 6.07) is 13.9. The van der Waals surface area contributed by atoms with E-state index < -0.39 is 0 Å². The number of nitrogens with zero attached hydrogens (tertiary/aromatic N) is 3. The number of Topliss-reactive ketones (excluding diaryl/α,β-unsaturated/α-hetero) is 1. The first kappa shape index (κ1) is 23.2. The van der Waals surface area contributed by atoms with Crippen molar-refractivity contribution in [3.63, 3.8) is 0 Å². The summed E-state index contributed by atoms with van der Waals surface area (Å²) >= 11 is 0. The summed E-state index contributed by atoms with van der Waals surface area (Å²) in [5, 5.41) is 9.24. The lowest BCUT2D eigenvalue weighted by Gasteiger charge is -2.03. The minimum atomic E-state index is 0.0994. The van der Waals surface area contributed by atoms with Gasteiger partial charge in [0.15, 0.2) is 5.78 Å². The fourth-order valence-corrected chi connectivity index (χ4v) is 4.22. The lowest BCUT2D eigenvalue weighted by atomic mass is 10.1. The third-order valence-electron chi connectivity index (χ3n) is 6.03. The van der Waals surface area contributed by atoms with Crippen LogP contribution in [0.2, 0.25) is 0 Å². The number of methoxy groups -OCH3 is 2. The molecule has 5 rings (SSSR count). The number of hydrogen-bond donors (Lipinski definition) is 1. The number of ether oxygens (including phenoxy) is 2. The Hall–Kier alpha value is -4.00. The van der Waals surface area contributed by atoms with Crippen LogP contribution >= 0.6 is 0 Å². The molecule has 0 fully saturated rings. The number of aromatic amines is 1. The molecule has 0 bridgehead atoms. The highest BCUT2D eigenvalue weighted by molar-refractivity contribution is 6.07. The van der Waals surface area contributed by atoms with Gasteiger partial charge in [0.2, 0.25) is 0 Å². The standard InChI is InChI=1S/C14H15N3O.C13H15NO2/c1-3-17-9-12(13-6-7-15-16-13)11-5-4-10(18-2)8-14(11)17;1-4-14-8-12(9(2)15)11-6-5-10(16-3)7-13(11)14/h4-9H,3H2,1-2H3,(H,15,16);5-8H,4H2,1-3H3. The normalized spacial score (nSPS) is 10.9. The van der Waals surface area contributed by atoms with Crippen molar-refractivity contribution in [2.24, 2.45) is 0 Å². The van der Waals surface area contributed by atoms with Gasteiger partial charge >= 0.3 is 0 Å². The van der Waals surface area contributed by atoms with Crippen LogP contribution in [0.1, 0.15) is 31.1 Å². The third kappa shape index (κ3) is 4.29. The number of H-pyrrole nitrogens is 1. The number of nitrogens with one attached hydrogen (secondary N) is 1. The summed E-state index contributed by atoms with van der Waals surface area (Å²) in [6.45, 7) is 7.56. The van der Waals surface area contributed by atoms with Crippen molar-refractivity contribution in [3.8, 4) is 22.8 Å². The Labute approximate surface area is 198 Å². The molecule has 0 unspecified atom stereocenters. The largest absolute Gasteiger partial charge is 0.497 e. The van der Waals surface area contributed by atoms with Gasteiger partial charge in [0.25, 0.3) is 0 Å². The highest BCUT2D eigenvalue weighted by atomic mass is 16.5. The molecule has 0 aliphatic carbocycles. The predicted molar refractivity (Wildman–Crippen MR) is 136 cm³/mol. The molecule has 0 amide bonds. The van der Waals surface area contributed by atoms with Crippen molar-refractivity contribution in [2.45, 2.75) is 33.9 Å². The molecule has 0 aliphatic heterocycles. The molecule has 0 aliphatic rings. The molecule has 5 aromatic rings. The molecule has 0 atom stereocenters. The van der Waals surface area contributed by atoms with Crippen molar-refractivity contribution >= 4 is 27.6 Å². The van der Waals surface area contributed by atoms with Crippen LogP contribution in [-0.2, 0) is 13.1 Å². The molecule has 7 nitrogen and oxygen atoms in total. The van der Waals surface area contributed by atoms with Gasteiger partial charge in [0, 0.05) is 65.7 Å². The number of benzene rings is 2.